The van der Waals surface area contributed by atoms with E-state index in [1.807, 2.05) is 0 Å². The number of allylic oxidation sites excluding steroid dienone is 1. The molecule has 4 aliphatic rings. The zero-order valence-corrected chi connectivity index (χ0v) is 15.4. The molecule has 12 heteroatoms. The van der Waals surface area contributed by atoms with Crippen molar-refractivity contribution in [1.29, 1.82) is 0 Å². The van der Waals surface area contributed by atoms with Gasteiger partial charge in [0, 0.05) is 4.75 Å². The van der Waals surface area contributed by atoms with Crippen LogP contribution >= 0.6 is 10.8 Å². The van der Waals surface area contributed by atoms with Crippen LogP contribution in [0.1, 0.15) is 38.5 Å². The maximum absolute atomic E-state index is 13.1. The number of rotatable bonds is 4. The lowest BCUT2D eigenvalue weighted by molar-refractivity contribution is -0.145. The fourth-order valence-corrected chi connectivity index (χ4v) is 9.14. The second-order valence-corrected chi connectivity index (χ2v) is 12.1. The lowest BCUT2D eigenvalue weighted by Gasteiger charge is -2.60. The highest BCUT2D eigenvalue weighted by Crippen LogP contribution is 2.67. The van der Waals surface area contributed by atoms with E-state index < -0.39 is 42.3 Å². The van der Waals surface area contributed by atoms with Crippen LogP contribution < -0.4 is 0 Å². The summed E-state index contributed by atoms with van der Waals surface area (Å²) in [6.07, 6.45) is -3.27. The highest BCUT2D eigenvalue weighted by atomic mass is 33.1. The zero-order chi connectivity index (χ0) is 20.5. The minimum atomic E-state index is -5.50. The summed E-state index contributed by atoms with van der Waals surface area (Å²) in [4.78, 5) is 11.1. The fraction of sp³-hybridized carbons (Fsp3) is 0.800. The van der Waals surface area contributed by atoms with Crippen LogP contribution in [-0.4, -0.2) is 35.9 Å². The Kier molecular flexibility index (Phi) is 4.66. The summed E-state index contributed by atoms with van der Waals surface area (Å²) in [5.74, 6) is -2.59. The first kappa shape index (κ1) is 20.8. The monoisotopic (exact) mass is 438 g/mol. The van der Waals surface area contributed by atoms with Gasteiger partial charge >= 0.3 is 26.5 Å². The molecule has 154 valence electrons. The first-order valence-corrected chi connectivity index (χ1v) is 10.9. The number of halogens is 6. The molecule has 0 radical (unpaired) electrons. The fourth-order valence-electron chi connectivity index (χ4n) is 5.37. The van der Waals surface area contributed by atoms with Crippen LogP contribution in [0.3, 0.4) is 0 Å². The predicted octanol–water partition coefficient (Wildman–Crippen LogP) is 4.48. The van der Waals surface area contributed by atoms with E-state index in [1.165, 1.54) is 0 Å². The van der Waals surface area contributed by atoms with Gasteiger partial charge in [-0.25, -0.2) is 13.2 Å². The van der Waals surface area contributed by atoms with Crippen molar-refractivity contribution in [2.24, 2.45) is 17.3 Å². The molecule has 2 unspecified atom stereocenters. The molecule has 4 rings (SSSR count). The number of carboxylic acids is 1. The van der Waals surface area contributed by atoms with E-state index in [1.54, 1.807) is 0 Å². The topological polar surface area (TPSA) is 71.4 Å². The Labute approximate surface area is 154 Å². The Morgan fingerprint density at radius 1 is 1.04 bits per heavy atom. The molecule has 0 spiro atoms. The molecule has 0 saturated heterocycles. The third kappa shape index (κ3) is 3.83. The third-order valence-corrected chi connectivity index (χ3v) is 9.51. The Morgan fingerprint density at radius 3 is 1.96 bits per heavy atom. The Morgan fingerprint density at radius 2 is 1.56 bits per heavy atom. The summed E-state index contributed by atoms with van der Waals surface area (Å²) in [5, 5.41) is 8.93. The second-order valence-electron chi connectivity index (χ2n) is 7.85. The third-order valence-electron chi connectivity index (χ3n) is 5.61. The van der Waals surface area contributed by atoms with Crippen LogP contribution in [0.4, 0.5) is 26.3 Å². The standard InChI is InChI=1S/C15H16F6O4S2/c16-14(17,18)10(11(22)23)6-12-2-8-1-9(3-12)5-13(4-8,7-12)26-27(24,25)15(19,20)21/h6,8-9H,1-5,7H2,(H,22,23). The average molecular weight is 438 g/mol. The van der Waals surface area contributed by atoms with Crippen molar-refractivity contribution in [2.75, 3.05) is 0 Å². The molecule has 0 aliphatic heterocycles. The van der Waals surface area contributed by atoms with E-state index in [4.69, 9.17) is 5.11 Å². The van der Waals surface area contributed by atoms with E-state index in [-0.39, 0.29) is 54.7 Å². The lowest BCUT2D eigenvalue weighted by Crippen LogP contribution is -2.54. The molecule has 4 fully saturated rings. The molecular formula is C15H16F6O4S2. The van der Waals surface area contributed by atoms with E-state index in [2.05, 4.69) is 0 Å². The van der Waals surface area contributed by atoms with Gasteiger partial charge in [0.05, 0.1) is 0 Å². The normalized spacial score (nSPS) is 36.9. The maximum atomic E-state index is 13.1. The molecule has 4 bridgehead atoms. The van der Waals surface area contributed by atoms with Crippen LogP contribution in [0, 0.1) is 17.3 Å². The van der Waals surface area contributed by atoms with Crippen LogP contribution in [0.25, 0.3) is 0 Å². The Bertz CT molecular complexity index is 769. The van der Waals surface area contributed by atoms with Crippen LogP contribution in [-0.2, 0) is 13.7 Å². The number of hydrogen-bond donors (Lipinski definition) is 1. The number of hydrogen-bond acceptors (Lipinski definition) is 4. The molecule has 0 heterocycles. The van der Waals surface area contributed by atoms with Crippen molar-refractivity contribution in [1.82, 2.24) is 0 Å². The smallest absolute Gasteiger partial charge is 0.478 e. The summed E-state index contributed by atoms with van der Waals surface area (Å²) >= 11 is 0. The van der Waals surface area contributed by atoms with Gasteiger partial charge in [0.2, 0.25) is 0 Å². The first-order chi connectivity index (χ1) is 12.1. The summed E-state index contributed by atoms with van der Waals surface area (Å²) < 4.78 is 99.8. The zero-order valence-electron chi connectivity index (χ0n) is 13.7. The van der Waals surface area contributed by atoms with Crippen LogP contribution in [0.2, 0.25) is 0 Å². The van der Waals surface area contributed by atoms with Crippen molar-refractivity contribution in [3.63, 3.8) is 0 Å². The molecule has 0 amide bonds. The molecule has 0 aromatic rings. The van der Waals surface area contributed by atoms with Gasteiger partial charge < -0.3 is 5.11 Å². The van der Waals surface area contributed by atoms with Gasteiger partial charge in [0.25, 0.3) is 0 Å². The van der Waals surface area contributed by atoms with Gasteiger partial charge in [-0.3, -0.25) is 0 Å². The molecule has 4 aliphatic carbocycles. The molecule has 27 heavy (non-hydrogen) atoms. The van der Waals surface area contributed by atoms with Gasteiger partial charge in [-0.1, -0.05) is 6.08 Å². The van der Waals surface area contributed by atoms with Crippen molar-refractivity contribution >= 4 is 25.6 Å². The van der Waals surface area contributed by atoms with Gasteiger partial charge in [0.1, 0.15) is 5.57 Å². The van der Waals surface area contributed by atoms with Gasteiger partial charge in [-0.2, -0.15) is 26.3 Å². The van der Waals surface area contributed by atoms with Crippen molar-refractivity contribution in [3.8, 4) is 0 Å². The number of alkyl halides is 6. The average Bonchev–Trinajstić information content (AvgIpc) is 2.39. The molecule has 0 aromatic carbocycles. The highest BCUT2D eigenvalue weighted by molar-refractivity contribution is 8.72. The number of carbonyl (C=O) groups is 1. The molecule has 1 N–H and O–H groups in total. The summed E-state index contributed by atoms with van der Waals surface area (Å²) in [7, 11) is -5.71. The highest BCUT2D eigenvalue weighted by Gasteiger charge is 2.62. The Balaban J connectivity index is 2.00. The lowest BCUT2D eigenvalue weighted by atomic mass is 9.49. The first-order valence-electron chi connectivity index (χ1n) is 8.12. The predicted molar refractivity (Wildman–Crippen MR) is 84.2 cm³/mol. The summed E-state index contributed by atoms with van der Waals surface area (Å²) in [5.41, 5.74) is -8.45. The van der Waals surface area contributed by atoms with Crippen molar-refractivity contribution < 1.29 is 44.7 Å². The molecule has 4 nitrogen and oxygen atoms in total. The quantitative estimate of drug-likeness (QED) is 0.398. The number of carboxylic acid groups (broad SMARTS) is 1. The van der Waals surface area contributed by atoms with Crippen molar-refractivity contribution in [3.05, 3.63) is 11.6 Å². The van der Waals surface area contributed by atoms with Gasteiger partial charge in [0.15, 0.2) is 0 Å². The molecule has 0 aromatic heterocycles. The minimum absolute atomic E-state index is 0.174. The van der Waals surface area contributed by atoms with E-state index in [9.17, 15) is 39.6 Å². The Hall–Kier alpha value is -0.910. The summed E-state index contributed by atoms with van der Waals surface area (Å²) in [6, 6.07) is 0. The minimum Gasteiger partial charge on any atom is -0.478 e. The van der Waals surface area contributed by atoms with Gasteiger partial charge in [-0.15, -0.1) is 0 Å². The van der Waals surface area contributed by atoms with Crippen molar-refractivity contribution in [2.45, 2.75) is 55.0 Å². The second kappa shape index (κ2) is 6.04. The molecule has 2 atom stereocenters. The SMILES string of the molecule is O=C(O)C(=CC12CC3CC(C1)CC(SS(=O)(=O)C(F)(F)F)(C3)C2)C(F)(F)F. The molecule has 4 saturated carbocycles. The number of aliphatic carboxylic acids is 1. The largest absolute Gasteiger partial charge is 0.507 e. The summed E-state index contributed by atoms with van der Waals surface area (Å²) in [6.45, 7) is 0. The van der Waals surface area contributed by atoms with E-state index in [0.29, 0.717) is 12.5 Å². The van der Waals surface area contributed by atoms with E-state index in [0.717, 1.165) is 0 Å². The maximum Gasteiger partial charge on any atom is 0.507 e. The molecular weight excluding hydrogens is 422 g/mol. The van der Waals surface area contributed by atoms with Crippen LogP contribution in [0.15, 0.2) is 11.6 Å². The van der Waals surface area contributed by atoms with Crippen LogP contribution in [0.5, 0.6) is 0 Å². The van der Waals surface area contributed by atoms with Gasteiger partial charge in [-0.05, 0) is 66.6 Å². The van der Waals surface area contributed by atoms with E-state index >= 15 is 0 Å².